The first kappa shape index (κ1) is 24.5. The fourth-order valence-electron chi connectivity index (χ4n) is 2.96. The van der Waals surface area contributed by atoms with Gasteiger partial charge >= 0.3 is 0 Å². The van der Waals surface area contributed by atoms with E-state index in [1.54, 1.807) is 25.1 Å². The zero-order valence-electron chi connectivity index (χ0n) is 17.4. The van der Waals surface area contributed by atoms with Gasteiger partial charge in [0.15, 0.2) is 6.61 Å². The quantitative estimate of drug-likeness (QED) is 0.518. The number of hydrogen-bond acceptors (Lipinski definition) is 3. The van der Waals surface area contributed by atoms with Crippen LogP contribution in [-0.4, -0.2) is 35.9 Å². The molecule has 2 aromatic carbocycles. The molecule has 1 N–H and O–H groups in total. The molecule has 8 heteroatoms. The van der Waals surface area contributed by atoms with Crippen molar-refractivity contribution in [1.82, 2.24) is 10.2 Å². The molecule has 0 saturated carbocycles. The molecule has 0 saturated heterocycles. The van der Waals surface area contributed by atoms with Gasteiger partial charge in [0.2, 0.25) is 5.91 Å². The molecule has 0 aliphatic heterocycles. The molecule has 0 aromatic heterocycles. The highest BCUT2D eigenvalue weighted by atomic mass is 79.9. The molecule has 0 spiro atoms. The van der Waals surface area contributed by atoms with Gasteiger partial charge in [-0.1, -0.05) is 45.2 Å². The highest BCUT2D eigenvalue weighted by molar-refractivity contribution is 9.10. The smallest absolute Gasteiger partial charge is 0.261 e. The van der Waals surface area contributed by atoms with Gasteiger partial charge in [0.1, 0.15) is 11.8 Å². The van der Waals surface area contributed by atoms with E-state index >= 15 is 0 Å². The molecule has 2 rings (SSSR count). The maximum absolute atomic E-state index is 13.0. The van der Waals surface area contributed by atoms with Crippen LogP contribution in [0.1, 0.15) is 30.5 Å². The van der Waals surface area contributed by atoms with E-state index < -0.39 is 6.04 Å². The SMILES string of the molecule is CCNC(=O)[C@@H](C)N(Cc1ccc(Cl)cc1Cl)C(=O)COc1cc(C)c(Br)c(C)c1. The van der Waals surface area contributed by atoms with E-state index in [1.165, 1.54) is 4.90 Å². The largest absolute Gasteiger partial charge is 0.484 e. The van der Waals surface area contributed by atoms with Crippen molar-refractivity contribution in [1.29, 1.82) is 0 Å². The van der Waals surface area contributed by atoms with Gasteiger partial charge in [0.25, 0.3) is 5.91 Å². The summed E-state index contributed by atoms with van der Waals surface area (Å²) in [7, 11) is 0. The van der Waals surface area contributed by atoms with Crippen LogP contribution >= 0.6 is 39.1 Å². The number of likely N-dealkylation sites (N-methyl/N-ethyl adjacent to an activating group) is 1. The van der Waals surface area contributed by atoms with Crippen LogP contribution in [0.2, 0.25) is 10.0 Å². The van der Waals surface area contributed by atoms with Crippen molar-refractivity contribution in [3.8, 4) is 5.75 Å². The van der Waals surface area contributed by atoms with Crippen LogP contribution in [0.4, 0.5) is 0 Å². The van der Waals surface area contributed by atoms with Crippen LogP contribution in [-0.2, 0) is 16.1 Å². The Morgan fingerprint density at radius 3 is 2.37 bits per heavy atom. The van der Waals surface area contributed by atoms with E-state index in [9.17, 15) is 9.59 Å². The van der Waals surface area contributed by atoms with Crippen LogP contribution in [0.15, 0.2) is 34.8 Å². The lowest BCUT2D eigenvalue weighted by atomic mass is 10.1. The molecule has 0 radical (unpaired) electrons. The van der Waals surface area contributed by atoms with Crippen molar-refractivity contribution in [2.75, 3.05) is 13.2 Å². The summed E-state index contributed by atoms with van der Waals surface area (Å²) in [6.07, 6.45) is 0. The molecular weight excluding hydrogens is 491 g/mol. The van der Waals surface area contributed by atoms with Crippen molar-refractivity contribution < 1.29 is 14.3 Å². The number of aryl methyl sites for hydroxylation is 2. The Hall–Kier alpha value is -1.76. The highest BCUT2D eigenvalue weighted by Gasteiger charge is 2.27. The third-order valence-corrected chi connectivity index (χ3v) is 6.48. The minimum atomic E-state index is -0.693. The third-order valence-electron chi connectivity index (χ3n) is 4.65. The van der Waals surface area contributed by atoms with Gasteiger partial charge in [-0.3, -0.25) is 9.59 Å². The lowest BCUT2D eigenvalue weighted by molar-refractivity contribution is -0.142. The lowest BCUT2D eigenvalue weighted by Crippen LogP contribution is -2.49. The Balaban J connectivity index is 2.22. The number of hydrogen-bond donors (Lipinski definition) is 1. The summed E-state index contributed by atoms with van der Waals surface area (Å²) in [6.45, 7) is 7.86. The van der Waals surface area contributed by atoms with Gasteiger partial charge in [0.05, 0.1) is 0 Å². The van der Waals surface area contributed by atoms with Gasteiger partial charge in [-0.25, -0.2) is 0 Å². The van der Waals surface area contributed by atoms with Crippen molar-refractivity contribution >= 4 is 50.9 Å². The number of nitrogens with zero attached hydrogens (tertiary/aromatic N) is 1. The molecule has 0 bridgehead atoms. The molecule has 2 aromatic rings. The Morgan fingerprint density at radius 1 is 1.17 bits per heavy atom. The van der Waals surface area contributed by atoms with E-state index in [0.29, 0.717) is 27.9 Å². The number of amides is 2. The first-order chi connectivity index (χ1) is 14.1. The zero-order valence-corrected chi connectivity index (χ0v) is 20.5. The average Bonchev–Trinajstić information content (AvgIpc) is 2.69. The molecule has 0 aliphatic rings. The number of carbonyl (C=O) groups is 2. The van der Waals surface area contributed by atoms with Gasteiger partial charge in [0, 0.05) is 27.6 Å². The molecule has 0 fully saturated rings. The van der Waals surface area contributed by atoms with Gasteiger partial charge in [-0.05, 0) is 68.7 Å². The van der Waals surface area contributed by atoms with Crippen LogP contribution < -0.4 is 10.1 Å². The van der Waals surface area contributed by atoms with Crippen LogP contribution in [0.5, 0.6) is 5.75 Å². The number of nitrogens with one attached hydrogen (secondary N) is 1. The van der Waals surface area contributed by atoms with Gasteiger partial charge in [-0.15, -0.1) is 0 Å². The predicted octanol–water partition coefficient (Wildman–Crippen LogP) is 5.30. The van der Waals surface area contributed by atoms with Crippen LogP contribution in [0.25, 0.3) is 0 Å². The summed E-state index contributed by atoms with van der Waals surface area (Å²) in [6, 6.07) is 8.09. The highest BCUT2D eigenvalue weighted by Crippen LogP contribution is 2.27. The second-order valence-electron chi connectivity index (χ2n) is 6.99. The molecule has 0 unspecified atom stereocenters. The number of halogens is 3. The Kier molecular flexibility index (Phi) is 9.01. The second kappa shape index (κ2) is 11.0. The number of benzene rings is 2. The summed E-state index contributed by atoms with van der Waals surface area (Å²) in [5.41, 5.74) is 2.72. The standard InChI is InChI=1S/C22H25BrCl2N2O3/c1-5-26-22(29)15(4)27(11-16-6-7-17(24)10-19(16)25)20(28)12-30-18-8-13(2)21(23)14(3)9-18/h6-10,15H,5,11-12H2,1-4H3,(H,26,29)/t15-/m1/s1. The number of ether oxygens (including phenoxy) is 1. The lowest BCUT2D eigenvalue weighted by Gasteiger charge is -2.29. The van der Waals surface area contributed by atoms with Crippen molar-refractivity contribution in [2.45, 2.75) is 40.3 Å². The first-order valence-electron chi connectivity index (χ1n) is 9.54. The summed E-state index contributed by atoms with van der Waals surface area (Å²) < 4.78 is 6.75. The minimum absolute atomic E-state index is 0.162. The summed E-state index contributed by atoms with van der Waals surface area (Å²) in [5.74, 6) is 0.0287. The summed E-state index contributed by atoms with van der Waals surface area (Å²) in [4.78, 5) is 26.9. The summed E-state index contributed by atoms with van der Waals surface area (Å²) >= 11 is 15.8. The van der Waals surface area contributed by atoms with E-state index in [0.717, 1.165) is 15.6 Å². The van der Waals surface area contributed by atoms with Crippen molar-refractivity contribution in [3.05, 3.63) is 61.5 Å². The molecule has 2 amide bonds. The average molecular weight is 516 g/mol. The zero-order chi connectivity index (χ0) is 22.4. The molecule has 5 nitrogen and oxygen atoms in total. The molecule has 162 valence electrons. The molecule has 1 atom stereocenters. The maximum atomic E-state index is 13.0. The van der Waals surface area contributed by atoms with Crippen molar-refractivity contribution in [2.24, 2.45) is 0 Å². The molecule has 0 heterocycles. The van der Waals surface area contributed by atoms with E-state index in [2.05, 4.69) is 21.2 Å². The normalized spacial score (nSPS) is 11.7. The van der Waals surface area contributed by atoms with E-state index in [4.69, 9.17) is 27.9 Å². The monoisotopic (exact) mass is 514 g/mol. The van der Waals surface area contributed by atoms with E-state index in [-0.39, 0.29) is 25.0 Å². The minimum Gasteiger partial charge on any atom is -0.484 e. The van der Waals surface area contributed by atoms with Gasteiger partial charge in [-0.2, -0.15) is 0 Å². The number of carbonyl (C=O) groups excluding carboxylic acids is 2. The topological polar surface area (TPSA) is 58.6 Å². The molecule has 30 heavy (non-hydrogen) atoms. The number of rotatable bonds is 8. The third kappa shape index (κ3) is 6.37. The first-order valence-corrected chi connectivity index (χ1v) is 11.1. The van der Waals surface area contributed by atoms with Crippen molar-refractivity contribution in [3.63, 3.8) is 0 Å². The predicted molar refractivity (Wildman–Crippen MR) is 124 cm³/mol. The second-order valence-corrected chi connectivity index (χ2v) is 8.62. The molecular formula is C22H25BrCl2N2O3. The summed E-state index contributed by atoms with van der Waals surface area (Å²) in [5, 5.41) is 3.69. The van der Waals surface area contributed by atoms with Gasteiger partial charge < -0.3 is 15.0 Å². The Bertz CT molecular complexity index is 914. The van der Waals surface area contributed by atoms with Crippen LogP contribution in [0, 0.1) is 13.8 Å². The Morgan fingerprint density at radius 2 is 1.80 bits per heavy atom. The fourth-order valence-corrected chi connectivity index (χ4v) is 3.65. The fraction of sp³-hybridized carbons (Fsp3) is 0.364. The Labute approximate surface area is 195 Å². The maximum Gasteiger partial charge on any atom is 0.261 e. The van der Waals surface area contributed by atoms with E-state index in [1.807, 2.05) is 32.9 Å². The van der Waals surface area contributed by atoms with Crippen LogP contribution in [0.3, 0.4) is 0 Å². The molecule has 0 aliphatic carbocycles.